The smallest absolute Gasteiger partial charge is 0.262 e. The van der Waals surface area contributed by atoms with Crippen molar-refractivity contribution in [2.75, 3.05) is 19.7 Å². The molecule has 7 heteroatoms. The zero-order chi connectivity index (χ0) is 14.3. The quantitative estimate of drug-likeness (QED) is 0.781. The Morgan fingerprint density at radius 3 is 2.16 bits per heavy atom. The zero-order valence-corrected chi connectivity index (χ0v) is 11.3. The number of nitriles is 2. The molecule has 19 heavy (non-hydrogen) atoms. The number of nitrogens with zero attached hydrogens (tertiary/aromatic N) is 3. The third kappa shape index (κ3) is 5.05. The number of hydrogen-bond acceptors (Lipinski definition) is 4. The lowest BCUT2D eigenvalue weighted by Crippen LogP contribution is -2.35. The fraction of sp³-hybridized carbons (Fsp3) is 0.250. The number of benzene rings is 1. The van der Waals surface area contributed by atoms with E-state index in [1.807, 2.05) is 0 Å². The molecule has 0 bridgehead atoms. The maximum Gasteiger partial charge on any atom is 0.262 e. The Hall–Kier alpha value is -1.95. The number of rotatable bonds is 5. The molecule has 0 heterocycles. The second-order valence-corrected chi connectivity index (χ2v) is 4.33. The first-order valence-electron chi connectivity index (χ1n) is 5.17. The number of carbonyl (C=O) groups excluding carboxylic acids is 1. The Balaban J connectivity index is 2.62. The lowest BCUT2D eigenvalue weighted by atomic mass is 10.3. The van der Waals surface area contributed by atoms with E-state index in [9.17, 15) is 4.79 Å². The zero-order valence-electron chi connectivity index (χ0n) is 9.77. The highest BCUT2D eigenvalue weighted by Gasteiger charge is 2.13. The van der Waals surface area contributed by atoms with Crippen LogP contribution in [0.1, 0.15) is 0 Å². The topological polar surface area (TPSA) is 77.1 Å². The molecule has 1 aromatic carbocycles. The van der Waals surface area contributed by atoms with Crippen molar-refractivity contribution in [3.63, 3.8) is 0 Å². The summed E-state index contributed by atoms with van der Waals surface area (Å²) in [6, 6.07) is 8.18. The van der Waals surface area contributed by atoms with Crippen molar-refractivity contribution in [1.82, 2.24) is 4.90 Å². The van der Waals surface area contributed by atoms with Crippen LogP contribution in [-0.2, 0) is 4.79 Å². The van der Waals surface area contributed by atoms with Gasteiger partial charge in [-0.1, -0.05) is 23.2 Å². The highest BCUT2D eigenvalue weighted by Crippen LogP contribution is 2.24. The lowest BCUT2D eigenvalue weighted by molar-refractivity contribution is -0.132. The van der Waals surface area contributed by atoms with Gasteiger partial charge in [0.2, 0.25) is 0 Å². The van der Waals surface area contributed by atoms with Crippen molar-refractivity contribution < 1.29 is 9.53 Å². The summed E-state index contributed by atoms with van der Waals surface area (Å²) in [6.07, 6.45) is 0. The van der Waals surface area contributed by atoms with Crippen molar-refractivity contribution >= 4 is 29.1 Å². The van der Waals surface area contributed by atoms with Gasteiger partial charge in [-0.15, -0.1) is 0 Å². The van der Waals surface area contributed by atoms with E-state index in [4.69, 9.17) is 38.5 Å². The van der Waals surface area contributed by atoms with Gasteiger partial charge in [-0.05, 0) is 18.2 Å². The van der Waals surface area contributed by atoms with Crippen molar-refractivity contribution in [1.29, 1.82) is 10.5 Å². The summed E-state index contributed by atoms with van der Waals surface area (Å²) in [6.45, 7) is -0.613. The number of amides is 1. The standard InChI is InChI=1S/C12H9Cl2N3O2/c13-9-5-10(14)7-11(6-9)19-8-12(18)17(3-1-15)4-2-16/h5-7H,3-4,8H2. The fourth-order valence-electron chi connectivity index (χ4n) is 1.25. The van der Waals surface area contributed by atoms with Crippen molar-refractivity contribution in [2.24, 2.45) is 0 Å². The molecule has 1 amide bonds. The van der Waals surface area contributed by atoms with E-state index in [2.05, 4.69) is 0 Å². The Morgan fingerprint density at radius 1 is 1.16 bits per heavy atom. The van der Waals surface area contributed by atoms with Gasteiger partial charge in [-0.2, -0.15) is 10.5 Å². The van der Waals surface area contributed by atoms with Crippen LogP contribution in [0.2, 0.25) is 10.0 Å². The van der Waals surface area contributed by atoms with E-state index in [0.717, 1.165) is 4.90 Å². The van der Waals surface area contributed by atoms with E-state index in [-0.39, 0.29) is 19.7 Å². The maximum absolute atomic E-state index is 11.7. The summed E-state index contributed by atoms with van der Waals surface area (Å²) in [5.41, 5.74) is 0. The van der Waals surface area contributed by atoms with Gasteiger partial charge >= 0.3 is 0 Å². The highest BCUT2D eigenvalue weighted by molar-refractivity contribution is 6.34. The monoisotopic (exact) mass is 297 g/mol. The minimum atomic E-state index is -0.459. The molecule has 0 radical (unpaired) electrons. The van der Waals surface area contributed by atoms with Crippen LogP contribution in [0.4, 0.5) is 0 Å². The first-order chi connectivity index (χ1) is 9.06. The average Bonchev–Trinajstić information content (AvgIpc) is 2.34. The summed E-state index contributed by atoms with van der Waals surface area (Å²) in [4.78, 5) is 12.8. The summed E-state index contributed by atoms with van der Waals surface area (Å²) in [7, 11) is 0. The first kappa shape index (κ1) is 15.1. The average molecular weight is 298 g/mol. The SMILES string of the molecule is N#CCN(CC#N)C(=O)COc1cc(Cl)cc(Cl)c1. The molecule has 0 aliphatic heterocycles. The van der Waals surface area contributed by atoms with Crippen molar-refractivity contribution in [3.8, 4) is 17.9 Å². The maximum atomic E-state index is 11.7. The van der Waals surface area contributed by atoms with Crippen LogP contribution in [-0.4, -0.2) is 30.5 Å². The predicted molar refractivity (Wildman–Crippen MR) is 69.8 cm³/mol. The summed E-state index contributed by atoms with van der Waals surface area (Å²) < 4.78 is 5.22. The second-order valence-electron chi connectivity index (χ2n) is 3.46. The van der Waals surface area contributed by atoms with Gasteiger partial charge in [-0.3, -0.25) is 4.79 Å². The number of carbonyl (C=O) groups is 1. The molecule has 0 N–H and O–H groups in total. The van der Waals surface area contributed by atoms with Gasteiger partial charge in [0.1, 0.15) is 18.8 Å². The van der Waals surface area contributed by atoms with Gasteiger partial charge in [-0.25, -0.2) is 0 Å². The largest absolute Gasteiger partial charge is 0.484 e. The third-order valence-electron chi connectivity index (χ3n) is 2.07. The van der Waals surface area contributed by atoms with Crippen LogP contribution in [0.25, 0.3) is 0 Å². The molecular formula is C12H9Cl2N3O2. The molecule has 0 unspecified atom stereocenters. The third-order valence-corrected chi connectivity index (χ3v) is 2.51. The molecule has 0 aliphatic rings. The minimum absolute atomic E-state index is 0.161. The van der Waals surface area contributed by atoms with Crippen molar-refractivity contribution in [2.45, 2.75) is 0 Å². The van der Waals surface area contributed by atoms with Gasteiger partial charge in [0.25, 0.3) is 5.91 Å². The van der Waals surface area contributed by atoms with E-state index in [1.54, 1.807) is 12.1 Å². The van der Waals surface area contributed by atoms with Crippen LogP contribution >= 0.6 is 23.2 Å². The van der Waals surface area contributed by atoms with Crippen LogP contribution in [0, 0.1) is 22.7 Å². The van der Waals surface area contributed by atoms with Crippen LogP contribution in [0.5, 0.6) is 5.75 Å². The molecule has 1 rings (SSSR count). The Labute approximate surface area is 120 Å². The lowest BCUT2D eigenvalue weighted by Gasteiger charge is -2.16. The van der Waals surface area contributed by atoms with Gasteiger partial charge in [0, 0.05) is 10.0 Å². The van der Waals surface area contributed by atoms with Crippen LogP contribution in [0.3, 0.4) is 0 Å². The predicted octanol–water partition coefficient (Wildman–Crippen LogP) is 2.25. The summed E-state index contributed by atoms with van der Waals surface area (Å²) >= 11 is 11.6. The number of ether oxygens (including phenoxy) is 1. The molecule has 98 valence electrons. The van der Waals surface area contributed by atoms with E-state index >= 15 is 0 Å². The van der Waals surface area contributed by atoms with E-state index in [1.165, 1.54) is 18.2 Å². The fourth-order valence-corrected chi connectivity index (χ4v) is 1.76. The molecule has 0 spiro atoms. The first-order valence-corrected chi connectivity index (χ1v) is 5.93. The second kappa shape index (κ2) is 7.48. The molecule has 1 aromatic rings. The van der Waals surface area contributed by atoms with E-state index in [0.29, 0.717) is 15.8 Å². The number of halogens is 2. The van der Waals surface area contributed by atoms with Gasteiger partial charge in [0.15, 0.2) is 6.61 Å². The summed E-state index contributed by atoms with van der Waals surface area (Å²) in [5, 5.41) is 17.9. The Morgan fingerprint density at radius 2 is 1.68 bits per heavy atom. The minimum Gasteiger partial charge on any atom is -0.484 e. The molecule has 0 aromatic heterocycles. The Kier molecular flexibility index (Phi) is 5.95. The normalized spacial score (nSPS) is 9.26. The molecule has 5 nitrogen and oxygen atoms in total. The number of hydrogen-bond donors (Lipinski definition) is 0. The molecular weight excluding hydrogens is 289 g/mol. The van der Waals surface area contributed by atoms with E-state index < -0.39 is 5.91 Å². The van der Waals surface area contributed by atoms with Gasteiger partial charge < -0.3 is 9.64 Å². The van der Waals surface area contributed by atoms with Gasteiger partial charge in [0.05, 0.1) is 12.1 Å². The Bertz CT molecular complexity index is 513. The molecule has 0 aliphatic carbocycles. The molecule has 0 saturated heterocycles. The summed E-state index contributed by atoms with van der Waals surface area (Å²) in [5.74, 6) is -0.112. The van der Waals surface area contributed by atoms with Crippen LogP contribution in [0.15, 0.2) is 18.2 Å². The van der Waals surface area contributed by atoms with Crippen LogP contribution < -0.4 is 4.74 Å². The van der Waals surface area contributed by atoms with Crippen molar-refractivity contribution in [3.05, 3.63) is 28.2 Å². The highest BCUT2D eigenvalue weighted by atomic mass is 35.5. The molecule has 0 fully saturated rings. The molecule has 0 saturated carbocycles. The molecule has 0 atom stereocenters.